The molecule has 2 atom stereocenters. The van der Waals surface area contributed by atoms with Gasteiger partial charge >= 0.3 is 0 Å². The van der Waals surface area contributed by atoms with Gasteiger partial charge in [0.2, 0.25) is 0 Å². The fourth-order valence-corrected chi connectivity index (χ4v) is 2.99. The molecule has 1 fully saturated rings. The van der Waals surface area contributed by atoms with Crippen LogP contribution in [0.3, 0.4) is 0 Å². The number of fused-ring (bicyclic) bond motifs is 1. The van der Waals surface area contributed by atoms with Crippen molar-refractivity contribution in [2.45, 2.75) is 45.1 Å². The molecule has 19 heavy (non-hydrogen) atoms. The number of aromatic nitrogens is 3. The van der Waals surface area contributed by atoms with Gasteiger partial charge in [-0.3, -0.25) is 0 Å². The van der Waals surface area contributed by atoms with E-state index in [1.54, 1.807) is 0 Å². The Balaban J connectivity index is 1.81. The van der Waals surface area contributed by atoms with E-state index >= 15 is 0 Å². The summed E-state index contributed by atoms with van der Waals surface area (Å²) in [6.45, 7) is 2.36. The number of rotatable bonds is 2. The Kier molecular flexibility index (Phi) is 3.40. The van der Waals surface area contributed by atoms with E-state index in [9.17, 15) is 0 Å². The number of pyridine rings is 1. The van der Waals surface area contributed by atoms with E-state index in [0.717, 1.165) is 22.8 Å². The Hall–Kier alpha value is -1.58. The average molecular weight is 258 g/mol. The van der Waals surface area contributed by atoms with Crippen molar-refractivity contribution in [1.29, 1.82) is 0 Å². The van der Waals surface area contributed by atoms with Crippen molar-refractivity contribution in [3.05, 3.63) is 18.6 Å². The molecule has 1 aliphatic carbocycles. The lowest BCUT2D eigenvalue weighted by atomic mass is 10.0. The van der Waals surface area contributed by atoms with Crippen molar-refractivity contribution in [3.8, 4) is 0 Å². The molecule has 0 saturated heterocycles. The standard InChI is InChI=1S/C15H22N4/c1-11-4-3-5-12(7-6-11)18-15-14-13(8-9-16-15)19(2)10-17-14/h8-12H,3-7H2,1-2H3,(H,16,18). The van der Waals surface area contributed by atoms with Crippen molar-refractivity contribution in [2.24, 2.45) is 13.0 Å². The molecule has 4 nitrogen and oxygen atoms in total. The van der Waals surface area contributed by atoms with Crippen molar-refractivity contribution >= 4 is 16.9 Å². The number of hydrogen-bond donors (Lipinski definition) is 1. The molecule has 4 heteroatoms. The molecule has 2 aromatic heterocycles. The van der Waals surface area contributed by atoms with E-state index in [1.165, 1.54) is 32.1 Å². The number of nitrogens with one attached hydrogen (secondary N) is 1. The van der Waals surface area contributed by atoms with Crippen LogP contribution in [0.1, 0.15) is 39.0 Å². The summed E-state index contributed by atoms with van der Waals surface area (Å²) in [5.74, 6) is 1.81. The van der Waals surface area contributed by atoms with E-state index in [0.29, 0.717) is 6.04 Å². The molecular weight excluding hydrogens is 236 g/mol. The lowest BCUT2D eigenvalue weighted by Gasteiger charge is -2.17. The normalized spacial score (nSPS) is 24.3. The maximum Gasteiger partial charge on any atom is 0.154 e. The first-order valence-electron chi connectivity index (χ1n) is 7.26. The Morgan fingerprint density at radius 1 is 1.21 bits per heavy atom. The summed E-state index contributed by atoms with van der Waals surface area (Å²) in [4.78, 5) is 8.94. The van der Waals surface area contributed by atoms with Crippen molar-refractivity contribution < 1.29 is 0 Å². The lowest BCUT2D eigenvalue weighted by molar-refractivity contribution is 0.502. The minimum Gasteiger partial charge on any atom is -0.365 e. The number of hydrogen-bond acceptors (Lipinski definition) is 3. The molecule has 0 amide bonds. The summed E-state index contributed by atoms with van der Waals surface area (Å²) in [5, 5.41) is 3.61. The number of imidazole rings is 1. The van der Waals surface area contributed by atoms with Crippen molar-refractivity contribution in [3.63, 3.8) is 0 Å². The van der Waals surface area contributed by atoms with Crippen molar-refractivity contribution in [1.82, 2.24) is 14.5 Å². The predicted octanol–water partition coefficient (Wildman–Crippen LogP) is 3.35. The SMILES string of the molecule is CC1CCCC(Nc2nccc3c2ncn3C)CC1. The number of nitrogens with zero attached hydrogens (tertiary/aromatic N) is 3. The lowest BCUT2D eigenvalue weighted by Crippen LogP contribution is -2.19. The van der Waals surface area contributed by atoms with Crippen LogP contribution in [0.5, 0.6) is 0 Å². The van der Waals surface area contributed by atoms with Crippen LogP contribution in [-0.2, 0) is 7.05 Å². The van der Waals surface area contributed by atoms with Crippen LogP contribution in [0.4, 0.5) is 5.82 Å². The molecule has 2 heterocycles. The second-order valence-corrected chi connectivity index (χ2v) is 5.84. The number of anilines is 1. The van der Waals surface area contributed by atoms with Crippen LogP contribution >= 0.6 is 0 Å². The van der Waals surface area contributed by atoms with Gasteiger partial charge in [-0.05, 0) is 31.2 Å². The fraction of sp³-hybridized carbons (Fsp3) is 0.600. The van der Waals surface area contributed by atoms with Gasteiger partial charge in [0.1, 0.15) is 5.52 Å². The number of aryl methyl sites for hydroxylation is 1. The summed E-state index contributed by atoms with van der Waals surface area (Å²) in [6, 6.07) is 2.56. The zero-order valence-corrected chi connectivity index (χ0v) is 11.8. The first-order chi connectivity index (χ1) is 9.24. The molecule has 0 radical (unpaired) electrons. The zero-order valence-electron chi connectivity index (χ0n) is 11.8. The molecule has 0 aromatic carbocycles. The van der Waals surface area contributed by atoms with E-state index in [2.05, 4.69) is 22.2 Å². The molecule has 0 spiro atoms. The third kappa shape index (κ3) is 2.57. The highest BCUT2D eigenvalue weighted by atomic mass is 15.1. The van der Waals surface area contributed by atoms with Crippen LogP contribution in [0.15, 0.2) is 18.6 Å². The molecule has 1 N–H and O–H groups in total. The molecule has 0 bridgehead atoms. The molecular formula is C15H22N4. The minimum absolute atomic E-state index is 0.546. The van der Waals surface area contributed by atoms with E-state index in [4.69, 9.17) is 0 Å². The summed E-state index contributed by atoms with van der Waals surface area (Å²) in [7, 11) is 2.02. The van der Waals surface area contributed by atoms with Crippen LogP contribution in [0.25, 0.3) is 11.0 Å². The van der Waals surface area contributed by atoms with E-state index < -0.39 is 0 Å². The smallest absolute Gasteiger partial charge is 0.154 e. The monoisotopic (exact) mass is 258 g/mol. The van der Waals surface area contributed by atoms with Gasteiger partial charge in [-0.2, -0.15) is 0 Å². The van der Waals surface area contributed by atoms with Crippen LogP contribution in [-0.4, -0.2) is 20.6 Å². The average Bonchev–Trinajstić information content (AvgIpc) is 2.66. The first kappa shape index (κ1) is 12.5. The summed E-state index contributed by atoms with van der Waals surface area (Å²) < 4.78 is 2.04. The van der Waals surface area contributed by atoms with Gasteiger partial charge in [-0.1, -0.05) is 19.8 Å². The molecule has 3 rings (SSSR count). The molecule has 2 aromatic rings. The van der Waals surface area contributed by atoms with E-state index in [1.807, 2.05) is 30.2 Å². The van der Waals surface area contributed by atoms with Gasteiger partial charge in [-0.25, -0.2) is 9.97 Å². The van der Waals surface area contributed by atoms with Crippen LogP contribution in [0, 0.1) is 5.92 Å². The third-order valence-corrected chi connectivity index (χ3v) is 4.24. The molecule has 0 aliphatic heterocycles. The first-order valence-corrected chi connectivity index (χ1v) is 7.26. The quantitative estimate of drug-likeness (QED) is 0.840. The third-order valence-electron chi connectivity index (χ3n) is 4.24. The zero-order chi connectivity index (χ0) is 13.2. The van der Waals surface area contributed by atoms with Gasteiger partial charge in [0.05, 0.1) is 11.8 Å². The fourth-order valence-electron chi connectivity index (χ4n) is 2.99. The summed E-state index contributed by atoms with van der Waals surface area (Å²) in [6.07, 6.45) is 10.2. The second kappa shape index (κ2) is 5.19. The van der Waals surface area contributed by atoms with E-state index in [-0.39, 0.29) is 0 Å². The maximum absolute atomic E-state index is 4.48. The van der Waals surface area contributed by atoms with Gasteiger partial charge in [0.15, 0.2) is 5.82 Å². The Morgan fingerprint density at radius 3 is 3.00 bits per heavy atom. The highest BCUT2D eigenvalue weighted by molar-refractivity contribution is 5.85. The van der Waals surface area contributed by atoms with Crippen LogP contribution in [0.2, 0.25) is 0 Å². The predicted molar refractivity (Wildman–Crippen MR) is 78.2 cm³/mol. The topological polar surface area (TPSA) is 42.7 Å². The summed E-state index contributed by atoms with van der Waals surface area (Å²) in [5.41, 5.74) is 2.13. The van der Waals surface area contributed by atoms with Crippen LogP contribution < -0.4 is 5.32 Å². The Morgan fingerprint density at radius 2 is 2.11 bits per heavy atom. The highest BCUT2D eigenvalue weighted by Gasteiger charge is 2.17. The summed E-state index contributed by atoms with van der Waals surface area (Å²) >= 11 is 0. The second-order valence-electron chi connectivity index (χ2n) is 5.84. The van der Waals surface area contributed by atoms with Gasteiger partial charge in [-0.15, -0.1) is 0 Å². The molecule has 102 valence electrons. The van der Waals surface area contributed by atoms with Gasteiger partial charge < -0.3 is 9.88 Å². The molecule has 1 saturated carbocycles. The van der Waals surface area contributed by atoms with Crippen molar-refractivity contribution in [2.75, 3.05) is 5.32 Å². The Labute approximate surface area is 114 Å². The molecule has 2 unspecified atom stereocenters. The molecule has 1 aliphatic rings. The highest BCUT2D eigenvalue weighted by Crippen LogP contribution is 2.26. The largest absolute Gasteiger partial charge is 0.365 e. The minimum atomic E-state index is 0.546. The van der Waals surface area contributed by atoms with Gasteiger partial charge in [0, 0.05) is 19.3 Å². The van der Waals surface area contributed by atoms with Gasteiger partial charge in [0.25, 0.3) is 0 Å². The maximum atomic E-state index is 4.48. The Bertz CT molecular complexity index is 560.